The van der Waals surface area contributed by atoms with Crippen molar-refractivity contribution in [3.8, 4) is 5.75 Å². The Bertz CT molecular complexity index is 619. The van der Waals surface area contributed by atoms with E-state index >= 15 is 0 Å². The molecule has 2 aromatic rings. The second kappa shape index (κ2) is 6.33. The maximum Gasteiger partial charge on any atom is 0.131 e. The fourth-order valence-corrected chi connectivity index (χ4v) is 2.54. The van der Waals surface area contributed by atoms with Crippen molar-refractivity contribution in [2.75, 3.05) is 6.61 Å². The molecule has 0 aliphatic heterocycles. The molecular formula is C15H14BrF2NO. The molecule has 2 nitrogen and oxygen atoms in total. The molecule has 0 aliphatic carbocycles. The third kappa shape index (κ3) is 3.16. The van der Waals surface area contributed by atoms with Gasteiger partial charge in [-0.05, 0) is 30.7 Å². The van der Waals surface area contributed by atoms with Gasteiger partial charge in [-0.15, -0.1) is 0 Å². The van der Waals surface area contributed by atoms with Gasteiger partial charge in [0.2, 0.25) is 0 Å². The number of hydrogen-bond donors (Lipinski definition) is 1. The highest BCUT2D eigenvalue weighted by Crippen LogP contribution is 2.31. The predicted octanol–water partition coefficient (Wildman–Crippen LogP) is 4.17. The van der Waals surface area contributed by atoms with Gasteiger partial charge in [0.05, 0.1) is 12.6 Å². The lowest BCUT2D eigenvalue weighted by molar-refractivity contribution is 0.340. The van der Waals surface area contributed by atoms with E-state index in [9.17, 15) is 8.78 Å². The summed E-state index contributed by atoms with van der Waals surface area (Å²) in [5.41, 5.74) is 7.01. The molecule has 0 radical (unpaired) electrons. The van der Waals surface area contributed by atoms with Gasteiger partial charge in [-0.2, -0.15) is 0 Å². The third-order valence-corrected chi connectivity index (χ3v) is 3.60. The summed E-state index contributed by atoms with van der Waals surface area (Å²) >= 11 is 3.40. The third-order valence-electron chi connectivity index (χ3n) is 2.92. The summed E-state index contributed by atoms with van der Waals surface area (Å²) in [7, 11) is 0. The van der Waals surface area contributed by atoms with E-state index in [0.29, 0.717) is 17.9 Å². The molecule has 0 amide bonds. The lowest BCUT2D eigenvalue weighted by atomic mass is 9.99. The average Bonchev–Trinajstić information content (AvgIpc) is 2.38. The fourth-order valence-electron chi connectivity index (χ4n) is 1.94. The Morgan fingerprint density at radius 2 is 1.85 bits per heavy atom. The number of halogens is 3. The predicted molar refractivity (Wildman–Crippen MR) is 77.7 cm³/mol. The van der Waals surface area contributed by atoms with Crippen molar-refractivity contribution in [2.45, 2.75) is 13.0 Å². The molecule has 2 N–H and O–H groups in total. The molecule has 0 saturated heterocycles. The minimum atomic E-state index is -0.680. The summed E-state index contributed by atoms with van der Waals surface area (Å²) in [6, 6.07) is 8.02. The van der Waals surface area contributed by atoms with Crippen LogP contribution in [0.2, 0.25) is 0 Å². The largest absolute Gasteiger partial charge is 0.494 e. The molecule has 0 spiro atoms. The van der Waals surface area contributed by atoms with E-state index in [1.807, 2.05) is 6.92 Å². The van der Waals surface area contributed by atoms with E-state index in [1.165, 1.54) is 12.1 Å². The number of benzene rings is 2. The Morgan fingerprint density at radius 1 is 1.15 bits per heavy atom. The van der Waals surface area contributed by atoms with E-state index in [1.54, 1.807) is 18.2 Å². The lowest BCUT2D eigenvalue weighted by Crippen LogP contribution is -2.14. The van der Waals surface area contributed by atoms with E-state index < -0.39 is 17.7 Å². The van der Waals surface area contributed by atoms with E-state index in [0.717, 1.165) is 10.5 Å². The zero-order valence-corrected chi connectivity index (χ0v) is 12.5. The molecule has 0 heterocycles. The van der Waals surface area contributed by atoms with Crippen molar-refractivity contribution >= 4 is 15.9 Å². The highest BCUT2D eigenvalue weighted by atomic mass is 79.9. The van der Waals surface area contributed by atoms with Crippen LogP contribution < -0.4 is 10.5 Å². The molecule has 106 valence electrons. The van der Waals surface area contributed by atoms with Gasteiger partial charge in [0.15, 0.2) is 0 Å². The van der Waals surface area contributed by atoms with Crippen LogP contribution in [0.3, 0.4) is 0 Å². The highest BCUT2D eigenvalue weighted by Gasteiger charge is 2.17. The van der Waals surface area contributed by atoms with Crippen LogP contribution in [0, 0.1) is 11.6 Å². The summed E-state index contributed by atoms with van der Waals surface area (Å²) in [5.74, 6) is -0.572. The Labute approximate surface area is 124 Å². The average molecular weight is 342 g/mol. The number of hydrogen-bond acceptors (Lipinski definition) is 2. The summed E-state index contributed by atoms with van der Waals surface area (Å²) in [6.45, 7) is 2.45. The van der Waals surface area contributed by atoms with Gasteiger partial charge >= 0.3 is 0 Å². The smallest absolute Gasteiger partial charge is 0.131 e. The van der Waals surface area contributed by atoms with Gasteiger partial charge in [-0.3, -0.25) is 0 Å². The van der Waals surface area contributed by atoms with Gasteiger partial charge in [-0.1, -0.05) is 28.1 Å². The van der Waals surface area contributed by atoms with Crippen LogP contribution in [0.4, 0.5) is 8.78 Å². The van der Waals surface area contributed by atoms with Crippen LogP contribution in [0.1, 0.15) is 24.1 Å². The molecule has 0 aliphatic rings. The number of rotatable bonds is 4. The summed E-state index contributed by atoms with van der Waals surface area (Å²) in [6.07, 6.45) is 0. The second-order valence-corrected chi connectivity index (χ2v) is 5.11. The van der Waals surface area contributed by atoms with Crippen LogP contribution in [0.5, 0.6) is 5.75 Å². The van der Waals surface area contributed by atoms with Crippen molar-refractivity contribution in [1.29, 1.82) is 0 Å². The summed E-state index contributed by atoms with van der Waals surface area (Å²) < 4.78 is 32.8. The summed E-state index contributed by atoms with van der Waals surface area (Å²) in [4.78, 5) is 0. The fraction of sp³-hybridized carbons (Fsp3) is 0.200. The molecule has 0 bridgehead atoms. The van der Waals surface area contributed by atoms with Crippen molar-refractivity contribution < 1.29 is 13.5 Å². The Hall–Kier alpha value is -1.46. The quantitative estimate of drug-likeness (QED) is 0.905. The van der Waals surface area contributed by atoms with Gasteiger partial charge in [0, 0.05) is 16.1 Å². The minimum absolute atomic E-state index is 0.247. The van der Waals surface area contributed by atoms with Gasteiger partial charge < -0.3 is 10.5 Å². The first kappa shape index (κ1) is 14.9. The second-order valence-electron chi connectivity index (χ2n) is 4.26. The first-order valence-corrected chi connectivity index (χ1v) is 6.95. The Kier molecular flexibility index (Phi) is 4.73. The highest BCUT2D eigenvalue weighted by molar-refractivity contribution is 9.10. The van der Waals surface area contributed by atoms with Gasteiger partial charge in [0.25, 0.3) is 0 Å². The first-order chi connectivity index (χ1) is 9.52. The zero-order valence-electron chi connectivity index (χ0n) is 10.9. The first-order valence-electron chi connectivity index (χ1n) is 6.15. The standard InChI is InChI=1S/C15H14BrF2NO/c1-2-20-10-4-6-11(13(16)8-10)15(19)12-5-3-9(17)7-14(12)18/h3-8,15H,2,19H2,1H3. The SMILES string of the molecule is CCOc1ccc(C(N)c2ccc(F)cc2F)c(Br)c1. The van der Waals surface area contributed by atoms with Crippen molar-refractivity contribution in [3.63, 3.8) is 0 Å². The molecule has 1 atom stereocenters. The summed E-state index contributed by atoms with van der Waals surface area (Å²) in [5, 5.41) is 0. The molecule has 20 heavy (non-hydrogen) atoms. The van der Waals surface area contributed by atoms with E-state index in [4.69, 9.17) is 10.5 Å². The van der Waals surface area contributed by atoms with Crippen molar-refractivity contribution in [2.24, 2.45) is 5.73 Å². The van der Waals surface area contributed by atoms with Gasteiger partial charge in [0.1, 0.15) is 17.4 Å². The van der Waals surface area contributed by atoms with E-state index in [2.05, 4.69) is 15.9 Å². The molecule has 1 unspecified atom stereocenters. The normalized spacial score (nSPS) is 12.2. The zero-order chi connectivity index (χ0) is 14.7. The Balaban J connectivity index is 2.35. The molecule has 2 rings (SSSR count). The van der Waals surface area contributed by atoms with Crippen molar-refractivity contribution in [1.82, 2.24) is 0 Å². The Morgan fingerprint density at radius 3 is 2.45 bits per heavy atom. The minimum Gasteiger partial charge on any atom is -0.494 e. The maximum atomic E-state index is 13.8. The van der Waals surface area contributed by atoms with Crippen molar-refractivity contribution in [3.05, 3.63) is 63.6 Å². The monoisotopic (exact) mass is 341 g/mol. The van der Waals surface area contributed by atoms with E-state index in [-0.39, 0.29) is 5.56 Å². The van der Waals surface area contributed by atoms with Crippen LogP contribution in [-0.4, -0.2) is 6.61 Å². The topological polar surface area (TPSA) is 35.2 Å². The number of nitrogens with two attached hydrogens (primary N) is 1. The van der Waals surface area contributed by atoms with Crippen LogP contribution in [-0.2, 0) is 0 Å². The van der Waals surface area contributed by atoms with Crippen LogP contribution >= 0.6 is 15.9 Å². The molecular weight excluding hydrogens is 328 g/mol. The molecule has 0 aromatic heterocycles. The lowest BCUT2D eigenvalue weighted by Gasteiger charge is -2.16. The molecule has 2 aromatic carbocycles. The van der Waals surface area contributed by atoms with Crippen LogP contribution in [0.15, 0.2) is 40.9 Å². The van der Waals surface area contributed by atoms with Gasteiger partial charge in [-0.25, -0.2) is 8.78 Å². The number of ether oxygens (including phenoxy) is 1. The molecule has 0 saturated carbocycles. The maximum absolute atomic E-state index is 13.8. The molecule has 0 fully saturated rings. The molecule has 5 heteroatoms. The van der Waals surface area contributed by atoms with Crippen LogP contribution in [0.25, 0.3) is 0 Å².